The van der Waals surface area contributed by atoms with Crippen LogP contribution < -0.4 is 10.1 Å². The van der Waals surface area contributed by atoms with Crippen LogP contribution in [-0.4, -0.2) is 48.6 Å². The van der Waals surface area contributed by atoms with Crippen molar-refractivity contribution in [2.45, 2.75) is 57.8 Å². The molecule has 0 bridgehead atoms. The number of hydrogen-bond acceptors (Lipinski definition) is 5. The Hall–Kier alpha value is -3.17. The molecule has 0 spiro atoms. The van der Waals surface area contributed by atoms with Gasteiger partial charge in [-0.2, -0.15) is 9.40 Å². The molecule has 0 aliphatic carbocycles. The van der Waals surface area contributed by atoms with Crippen LogP contribution in [0.3, 0.4) is 0 Å². The number of benzene rings is 2. The molecule has 0 aliphatic rings. The number of sulfonamides is 1. The normalized spacial score (nSPS) is 12.1. The molecule has 0 saturated heterocycles. The van der Waals surface area contributed by atoms with E-state index in [-0.39, 0.29) is 23.4 Å². The Morgan fingerprint density at radius 2 is 1.72 bits per heavy atom. The molecule has 1 aromatic heterocycles. The van der Waals surface area contributed by atoms with Gasteiger partial charge in [0.1, 0.15) is 11.6 Å². The lowest BCUT2D eigenvalue weighted by Crippen LogP contribution is -2.38. The van der Waals surface area contributed by atoms with Gasteiger partial charge in [0.25, 0.3) is 0 Å². The second kappa shape index (κ2) is 11.3. The van der Waals surface area contributed by atoms with Gasteiger partial charge >= 0.3 is 0 Å². The lowest BCUT2D eigenvalue weighted by atomic mass is 9.92. The molecule has 8 nitrogen and oxygen atoms in total. The number of unbranched alkanes of at least 4 members (excludes halogenated alkanes) is 1. The van der Waals surface area contributed by atoms with Crippen LogP contribution in [0.4, 0.5) is 5.82 Å². The summed E-state index contributed by atoms with van der Waals surface area (Å²) >= 11 is 0. The molecule has 9 heteroatoms. The predicted octanol–water partition coefficient (Wildman–Crippen LogP) is 4.92. The van der Waals surface area contributed by atoms with Crippen molar-refractivity contribution in [3.05, 3.63) is 65.9 Å². The molecule has 3 rings (SSSR count). The number of methoxy groups -OCH3 is 1. The smallest absolute Gasteiger partial charge is 0.243 e. The van der Waals surface area contributed by atoms with E-state index in [1.54, 1.807) is 36.1 Å². The van der Waals surface area contributed by atoms with Gasteiger partial charge in [0.2, 0.25) is 15.9 Å². The van der Waals surface area contributed by atoms with Gasteiger partial charge in [-0.3, -0.25) is 4.79 Å². The average Bonchev–Trinajstić information content (AvgIpc) is 3.26. The molecule has 0 radical (unpaired) electrons. The lowest BCUT2D eigenvalue weighted by Gasteiger charge is -2.22. The van der Waals surface area contributed by atoms with Crippen molar-refractivity contribution < 1.29 is 17.9 Å². The number of nitrogens with zero attached hydrogens (tertiary/aromatic N) is 3. The third-order valence-corrected chi connectivity index (χ3v) is 7.66. The Kier molecular flexibility index (Phi) is 8.58. The molecular weight excluding hydrogens is 476 g/mol. The topological polar surface area (TPSA) is 93.5 Å². The molecule has 1 N–H and O–H groups in total. The van der Waals surface area contributed by atoms with E-state index in [1.807, 2.05) is 65.0 Å². The molecule has 1 heterocycles. The maximum absolute atomic E-state index is 13.3. The summed E-state index contributed by atoms with van der Waals surface area (Å²) in [5, 5.41) is 7.62. The van der Waals surface area contributed by atoms with E-state index in [4.69, 9.17) is 9.84 Å². The van der Waals surface area contributed by atoms with Gasteiger partial charge in [0.05, 0.1) is 29.9 Å². The molecule has 0 saturated carbocycles. The Morgan fingerprint density at radius 1 is 1.08 bits per heavy atom. The maximum Gasteiger partial charge on any atom is 0.243 e. The van der Waals surface area contributed by atoms with Gasteiger partial charge in [0.15, 0.2) is 0 Å². The van der Waals surface area contributed by atoms with Gasteiger partial charge in [-0.1, -0.05) is 51.8 Å². The fraction of sp³-hybridized carbons (Fsp3) is 0.407. The van der Waals surface area contributed by atoms with E-state index in [2.05, 4.69) is 5.32 Å². The van der Waals surface area contributed by atoms with E-state index in [1.165, 1.54) is 4.31 Å². The van der Waals surface area contributed by atoms with Crippen molar-refractivity contribution in [1.29, 1.82) is 0 Å². The maximum atomic E-state index is 13.3. The number of amides is 1. The van der Waals surface area contributed by atoms with Crippen LogP contribution in [0.1, 0.15) is 51.8 Å². The van der Waals surface area contributed by atoms with Gasteiger partial charge < -0.3 is 10.1 Å². The number of nitrogens with one attached hydrogen (secondary N) is 1. The minimum absolute atomic E-state index is 0.176. The van der Waals surface area contributed by atoms with Crippen LogP contribution in [0.2, 0.25) is 0 Å². The fourth-order valence-electron chi connectivity index (χ4n) is 3.58. The summed E-state index contributed by atoms with van der Waals surface area (Å²) in [6.45, 7) is 9.97. The second-order valence-corrected chi connectivity index (χ2v) is 11.8. The fourth-order valence-corrected chi connectivity index (χ4v) is 5.01. The van der Waals surface area contributed by atoms with E-state index in [9.17, 15) is 13.2 Å². The highest BCUT2D eigenvalue weighted by Gasteiger charge is 2.27. The van der Waals surface area contributed by atoms with E-state index < -0.39 is 15.9 Å². The predicted molar refractivity (Wildman–Crippen MR) is 142 cm³/mol. The summed E-state index contributed by atoms with van der Waals surface area (Å²) in [5.41, 5.74) is 2.26. The van der Waals surface area contributed by atoms with Crippen molar-refractivity contribution in [3.63, 3.8) is 0 Å². The first kappa shape index (κ1) is 27.4. The zero-order valence-electron chi connectivity index (χ0n) is 21.9. The highest BCUT2D eigenvalue weighted by molar-refractivity contribution is 7.89. The Bertz CT molecular complexity index is 1270. The molecule has 194 valence electrons. The molecule has 0 unspecified atom stereocenters. The van der Waals surface area contributed by atoms with Gasteiger partial charge in [-0.05, 0) is 49.7 Å². The molecule has 1 amide bonds. The third-order valence-electron chi connectivity index (χ3n) is 5.80. The van der Waals surface area contributed by atoms with Crippen LogP contribution in [0.5, 0.6) is 5.75 Å². The summed E-state index contributed by atoms with van der Waals surface area (Å²) in [7, 11) is -2.23. The number of aryl methyl sites for hydroxylation is 1. The van der Waals surface area contributed by atoms with Crippen molar-refractivity contribution in [1.82, 2.24) is 14.1 Å². The third kappa shape index (κ3) is 6.53. The summed E-state index contributed by atoms with van der Waals surface area (Å²) in [5.74, 6) is 0.746. The number of aromatic nitrogens is 2. The molecule has 3 aromatic rings. The Labute approximate surface area is 214 Å². The minimum atomic E-state index is -3.83. The highest BCUT2D eigenvalue weighted by Crippen LogP contribution is 2.27. The van der Waals surface area contributed by atoms with Gasteiger partial charge in [0, 0.05) is 18.0 Å². The number of anilines is 1. The van der Waals surface area contributed by atoms with Crippen LogP contribution in [0.25, 0.3) is 5.69 Å². The lowest BCUT2D eigenvalue weighted by molar-refractivity contribution is -0.116. The van der Waals surface area contributed by atoms with Crippen molar-refractivity contribution in [2.24, 2.45) is 0 Å². The molecule has 0 atom stereocenters. The first-order valence-corrected chi connectivity index (χ1v) is 13.5. The number of carbonyl (C=O) groups excluding carboxylic acids is 1. The number of ether oxygens (including phenoxy) is 1. The van der Waals surface area contributed by atoms with E-state index in [0.29, 0.717) is 18.0 Å². The number of hydrogen-bond donors (Lipinski definition) is 1. The minimum Gasteiger partial charge on any atom is -0.497 e. The zero-order chi connectivity index (χ0) is 26.5. The number of rotatable bonds is 10. The van der Waals surface area contributed by atoms with Crippen molar-refractivity contribution >= 4 is 21.7 Å². The zero-order valence-corrected chi connectivity index (χ0v) is 22.7. The molecule has 36 heavy (non-hydrogen) atoms. The first-order chi connectivity index (χ1) is 17.0. The first-order valence-electron chi connectivity index (χ1n) is 12.1. The molecule has 0 aliphatic heterocycles. The second-order valence-electron chi connectivity index (χ2n) is 9.83. The molecule has 2 aromatic carbocycles. The van der Waals surface area contributed by atoms with Crippen LogP contribution in [0.15, 0.2) is 59.5 Å². The summed E-state index contributed by atoms with van der Waals surface area (Å²) < 4.78 is 34.8. The Balaban J connectivity index is 1.90. The number of carbonyl (C=O) groups is 1. The van der Waals surface area contributed by atoms with Crippen molar-refractivity contribution in [2.75, 3.05) is 25.5 Å². The van der Waals surface area contributed by atoms with E-state index in [0.717, 1.165) is 23.4 Å². The van der Waals surface area contributed by atoms with Crippen LogP contribution in [-0.2, 0) is 20.2 Å². The standard InChI is InChI=1S/C27H36N4O4S/c1-7-8-17-30(36(33,34)23-15-9-20(2)10-16-23)19-26(32)28-25-18-24(27(3,4)5)29-31(25)21-11-13-22(35-6)14-12-21/h9-16,18H,7-8,17,19H2,1-6H3,(H,28,32). The van der Waals surface area contributed by atoms with Gasteiger partial charge in [-0.25, -0.2) is 13.1 Å². The van der Waals surface area contributed by atoms with Crippen LogP contribution in [0, 0.1) is 6.92 Å². The quantitative estimate of drug-likeness (QED) is 0.416. The van der Waals surface area contributed by atoms with Gasteiger partial charge in [-0.15, -0.1) is 0 Å². The summed E-state index contributed by atoms with van der Waals surface area (Å²) in [6, 6.07) is 15.8. The van der Waals surface area contributed by atoms with E-state index >= 15 is 0 Å². The molecular formula is C27H36N4O4S. The summed E-state index contributed by atoms with van der Waals surface area (Å²) in [6.07, 6.45) is 1.46. The average molecular weight is 513 g/mol. The largest absolute Gasteiger partial charge is 0.497 e. The highest BCUT2D eigenvalue weighted by atomic mass is 32.2. The summed E-state index contributed by atoms with van der Waals surface area (Å²) in [4.78, 5) is 13.4. The van der Waals surface area contributed by atoms with Crippen molar-refractivity contribution in [3.8, 4) is 11.4 Å². The Morgan fingerprint density at radius 3 is 2.28 bits per heavy atom. The SMILES string of the molecule is CCCCN(CC(=O)Nc1cc(C(C)(C)C)nn1-c1ccc(OC)cc1)S(=O)(=O)c1ccc(C)cc1. The van der Waals surface area contributed by atoms with Crippen LogP contribution >= 0.6 is 0 Å². The monoisotopic (exact) mass is 512 g/mol. The molecule has 0 fully saturated rings.